The van der Waals surface area contributed by atoms with Crippen LogP contribution in [-0.4, -0.2) is 66.0 Å². The van der Waals surface area contributed by atoms with Gasteiger partial charge in [-0.1, -0.05) is 0 Å². The first-order chi connectivity index (χ1) is 8.56. The van der Waals surface area contributed by atoms with Crippen molar-refractivity contribution in [3.63, 3.8) is 0 Å². The number of unbranched alkanes of at least 4 members (excludes halogenated alkanes) is 2. The number of likely N-dealkylation sites (N-methyl/N-ethyl adjacent to an activating group) is 1. The number of carbonyl (C=O) groups is 3. The minimum absolute atomic E-state index is 0.0354. The van der Waals surface area contributed by atoms with Gasteiger partial charge in [-0.05, 0) is 19.3 Å². The van der Waals surface area contributed by atoms with Crippen molar-refractivity contribution in [2.24, 2.45) is 0 Å². The van der Waals surface area contributed by atoms with Gasteiger partial charge < -0.3 is 15.3 Å². The van der Waals surface area contributed by atoms with Gasteiger partial charge in [-0.25, -0.2) is 4.79 Å². The second kappa shape index (κ2) is 6.95. The van der Waals surface area contributed by atoms with E-state index in [1.807, 2.05) is 0 Å². The Morgan fingerprint density at radius 2 is 2.11 bits per heavy atom. The normalized spacial score (nSPS) is 14.9. The molecule has 7 nitrogen and oxygen atoms in total. The maximum Gasteiger partial charge on any atom is 0.325 e. The minimum Gasteiger partial charge on any atom is -0.396 e. The molecular weight excluding hydrogens is 238 g/mol. The van der Waals surface area contributed by atoms with Crippen LogP contribution in [0.4, 0.5) is 4.79 Å². The fourth-order valence-corrected chi connectivity index (χ4v) is 1.63. The van der Waals surface area contributed by atoms with Crippen LogP contribution in [0, 0.1) is 0 Å². The Kier molecular flexibility index (Phi) is 5.57. The lowest BCUT2D eigenvalue weighted by molar-refractivity contribution is -0.135. The van der Waals surface area contributed by atoms with Gasteiger partial charge in [0.1, 0.15) is 6.54 Å². The first-order valence-corrected chi connectivity index (χ1v) is 5.99. The van der Waals surface area contributed by atoms with Gasteiger partial charge in [-0.2, -0.15) is 0 Å². The number of nitrogens with one attached hydrogen (secondary N) is 1. The number of hydrogen-bond acceptors (Lipinski definition) is 4. The van der Waals surface area contributed by atoms with Crippen LogP contribution in [0.5, 0.6) is 0 Å². The summed E-state index contributed by atoms with van der Waals surface area (Å²) < 4.78 is 0. The number of hydrogen-bond donors (Lipinski definition) is 2. The van der Waals surface area contributed by atoms with Crippen LogP contribution >= 0.6 is 0 Å². The van der Waals surface area contributed by atoms with Gasteiger partial charge in [0.2, 0.25) is 5.91 Å². The molecule has 1 rings (SSSR count). The number of aliphatic hydroxyl groups is 1. The summed E-state index contributed by atoms with van der Waals surface area (Å²) in [5.41, 5.74) is 0. The van der Waals surface area contributed by atoms with Crippen molar-refractivity contribution < 1.29 is 19.5 Å². The third kappa shape index (κ3) is 3.99. The second-order valence-electron chi connectivity index (χ2n) is 4.24. The average Bonchev–Trinajstić information content (AvgIpc) is 2.66. The van der Waals surface area contributed by atoms with Gasteiger partial charge in [-0.15, -0.1) is 0 Å². The summed E-state index contributed by atoms with van der Waals surface area (Å²) in [4.78, 5) is 36.7. The smallest absolute Gasteiger partial charge is 0.325 e. The summed E-state index contributed by atoms with van der Waals surface area (Å²) in [5, 5.41) is 11.0. The summed E-state index contributed by atoms with van der Waals surface area (Å²) in [6, 6.07) is -0.512. The zero-order valence-corrected chi connectivity index (χ0v) is 10.5. The highest BCUT2D eigenvalue weighted by atomic mass is 16.3. The first kappa shape index (κ1) is 14.4. The van der Waals surface area contributed by atoms with Gasteiger partial charge in [0.05, 0.1) is 6.54 Å². The molecule has 1 aliphatic heterocycles. The summed E-state index contributed by atoms with van der Waals surface area (Å²) in [5.74, 6) is -0.633. The number of nitrogens with zero attached hydrogens (tertiary/aromatic N) is 2. The van der Waals surface area contributed by atoms with Gasteiger partial charge in [0.25, 0.3) is 5.91 Å². The first-order valence-electron chi connectivity index (χ1n) is 5.99. The molecular formula is C11H19N3O4. The Hall–Kier alpha value is -1.63. The highest BCUT2D eigenvalue weighted by Crippen LogP contribution is 2.02. The van der Waals surface area contributed by atoms with E-state index < -0.39 is 6.03 Å². The summed E-state index contributed by atoms with van der Waals surface area (Å²) in [7, 11) is 1.64. The Bertz CT molecular complexity index is 316. The van der Waals surface area contributed by atoms with Crippen LogP contribution in [-0.2, 0) is 9.59 Å². The highest BCUT2D eigenvalue weighted by Gasteiger charge is 2.30. The molecule has 1 saturated heterocycles. The minimum atomic E-state index is -0.512. The quantitative estimate of drug-likeness (QED) is 0.459. The maximum absolute atomic E-state index is 11.8. The van der Waals surface area contributed by atoms with E-state index >= 15 is 0 Å². The number of rotatable bonds is 7. The molecule has 0 unspecified atom stereocenters. The molecule has 0 bridgehead atoms. The molecule has 2 N–H and O–H groups in total. The third-order valence-corrected chi connectivity index (χ3v) is 2.81. The van der Waals surface area contributed by atoms with Crippen molar-refractivity contribution >= 4 is 17.8 Å². The van der Waals surface area contributed by atoms with E-state index in [4.69, 9.17) is 5.11 Å². The molecule has 1 aliphatic rings. The van der Waals surface area contributed by atoms with E-state index in [0.29, 0.717) is 6.54 Å². The van der Waals surface area contributed by atoms with Crippen LogP contribution in [0.1, 0.15) is 19.3 Å². The van der Waals surface area contributed by atoms with Gasteiger partial charge in [0.15, 0.2) is 0 Å². The Balaban J connectivity index is 2.31. The van der Waals surface area contributed by atoms with Crippen LogP contribution < -0.4 is 5.32 Å². The van der Waals surface area contributed by atoms with Crippen LogP contribution in [0.3, 0.4) is 0 Å². The Morgan fingerprint density at radius 1 is 1.39 bits per heavy atom. The van der Waals surface area contributed by atoms with Crippen LogP contribution in [0.15, 0.2) is 0 Å². The van der Waals surface area contributed by atoms with Crippen molar-refractivity contribution in [1.29, 1.82) is 0 Å². The molecule has 0 atom stereocenters. The summed E-state index contributed by atoms with van der Waals surface area (Å²) >= 11 is 0. The maximum atomic E-state index is 11.8. The monoisotopic (exact) mass is 257 g/mol. The molecule has 1 heterocycles. The van der Waals surface area contributed by atoms with E-state index in [1.54, 1.807) is 7.05 Å². The lowest BCUT2D eigenvalue weighted by Gasteiger charge is -2.19. The van der Waals surface area contributed by atoms with E-state index in [0.717, 1.165) is 24.2 Å². The van der Waals surface area contributed by atoms with Crippen molar-refractivity contribution in [2.45, 2.75) is 19.3 Å². The summed E-state index contributed by atoms with van der Waals surface area (Å²) in [6.45, 7) is 0.468. The van der Waals surface area contributed by atoms with Crippen LogP contribution in [0.2, 0.25) is 0 Å². The SMILES string of the molecule is CN(CCCCCO)C(=O)CN1C(=O)CNC1=O. The molecule has 7 heteroatoms. The number of carbonyl (C=O) groups excluding carboxylic acids is 3. The lowest BCUT2D eigenvalue weighted by Crippen LogP contribution is -2.41. The van der Waals surface area contributed by atoms with E-state index in [-0.39, 0.29) is 31.5 Å². The van der Waals surface area contributed by atoms with Crippen molar-refractivity contribution in [3.8, 4) is 0 Å². The summed E-state index contributed by atoms with van der Waals surface area (Å²) in [6.07, 6.45) is 2.36. The van der Waals surface area contributed by atoms with Gasteiger partial charge in [0, 0.05) is 20.2 Å². The molecule has 4 amide bonds. The lowest BCUT2D eigenvalue weighted by atomic mass is 10.2. The zero-order chi connectivity index (χ0) is 13.5. The molecule has 0 aliphatic carbocycles. The highest BCUT2D eigenvalue weighted by molar-refractivity contribution is 6.04. The molecule has 0 aromatic carbocycles. The molecule has 0 aromatic heterocycles. The van der Waals surface area contributed by atoms with E-state index in [1.165, 1.54) is 4.90 Å². The Morgan fingerprint density at radius 3 is 2.67 bits per heavy atom. The average molecular weight is 257 g/mol. The van der Waals surface area contributed by atoms with Crippen LogP contribution in [0.25, 0.3) is 0 Å². The second-order valence-corrected chi connectivity index (χ2v) is 4.24. The zero-order valence-electron chi connectivity index (χ0n) is 10.5. The predicted molar refractivity (Wildman–Crippen MR) is 63.7 cm³/mol. The topological polar surface area (TPSA) is 89.9 Å². The van der Waals surface area contributed by atoms with Crippen molar-refractivity contribution in [2.75, 3.05) is 33.3 Å². The molecule has 0 spiro atoms. The number of aliphatic hydroxyl groups excluding tert-OH is 1. The van der Waals surface area contributed by atoms with Crippen molar-refractivity contribution in [3.05, 3.63) is 0 Å². The number of imide groups is 1. The van der Waals surface area contributed by atoms with E-state index in [2.05, 4.69) is 5.32 Å². The standard InChI is InChI=1S/C11H19N3O4/c1-13(5-3-2-4-6-15)10(17)8-14-9(16)7-12-11(14)18/h15H,2-8H2,1H3,(H,12,18). The fraction of sp³-hybridized carbons (Fsp3) is 0.727. The fourth-order valence-electron chi connectivity index (χ4n) is 1.63. The number of amides is 4. The van der Waals surface area contributed by atoms with Crippen molar-refractivity contribution in [1.82, 2.24) is 15.1 Å². The molecule has 0 saturated carbocycles. The van der Waals surface area contributed by atoms with Gasteiger partial charge in [-0.3, -0.25) is 14.5 Å². The molecule has 0 aromatic rings. The molecule has 18 heavy (non-hydrogen) atoms. The molecule has 1 fully saturated rings. The van der Waals surface area contributed by atoms with Gasteiger partial charge >= 0.3 is 6.03 Å². The molecule has 0 radical (unpaired) electrons. The predicted octanol–water partition coefficient (Wildman–Crippen LogP) is -0.841. The molecule has 102 valence electrons. The van der Waals surface area contributed by atoms with E-state index in [9.17, 15) is 14.4 Å². The Labute approximate surface area is 106 Å². The number of urea groups is 1. The largest absolute Gasteiger partial charge is 0.396 e. The third-order valence-electron chi connectivity index (χ3n) is 2.81.